The first-order chi connectivity index (χ1) is 8.78. The van der Waals surface area contributed by atoms with Crippen molar-refractivity contribution in [1.29, 1.82) is 0 Å². The van der Waals surface area contributed by atoms with E-state index in [1.54, 1.807) is 7.11 Å². The van der Waals surface area contributed by atoms with E-state index in [0.29, 0.717) is 19.1 Å². The highest BCUT2D eigenvalue weighted by Crippen LogP contribution is 2.10. The average Bonchev–Trinajstić information content (AvgIpc) is 2.41. The van der Waals surface area contributed by atoms with Gasteiger partial charge in [0.25, 0.3) is 0 Å². The van der Waals surface area contributed by atoms with Crippen molar-refractivity contribution in [3.63, 3.8) is 0 Å². The summed E-state index contributed by atoms with van der Waals surface area (Å²) >= 11 is 0. The van der Waals surface area contributed by atoms with Crippen LogP contribution in [0.4, 0.5) is 5.69 Å². The first-order valence-electron chi connectivity index (χ1n) is 5.70. The van der Waals surface area contributed by atoms with Gasteiger partial charge in [-0.25, -0.2) is 4.98 Å². The number of nitrogens with two attached hydrogens (primary N) is 1. The van der Waals surface area contributed by atoms with Gasteiger partial charge in [0.15, 0.2) is 0 Å². The summed E-state index contributed by atoms with van der Waals surface area (Å²) in [4.78, 5) is 4.27. The average molecular weight is 244 g/mol. The van der Waals surface area contributed by atoms with Crippen molar-refractivity contribution < 1.29 is 9.47 Å². The molecule has 0 amide bonds. The summed E-state index contributed by atoms with van der Waals surface area (Å²) < 4.78 is 10.6. The third-order valence-electron chi connectivity index (χ3n) is 2.49. The Kier molecular flexibility index (Phi) is 4.15. The highest BCUT2D eigenvalue weighted by atomic mass is 16.5. The van der Waals surface area contributed by atoms with Gasteiger partial charge in [-0.2, -0.15) is 0 Å². The fraction of sp³-hybridized carbons (Fsp3) is 0.214. The number of hydrogen-bond acceptors (Lipinski definition) is 4. The number of hydrogen-bond donors (Lipinski definition) is 1. The zero-order valence-electron chi connectivity index (χ0n) is 10.3. The number of ether oxygens (including phenoxy) is 2. The second kappa shape index (κ2) is 6.02. The molecule has 0 bridgehead atoms. The van der Waals surface area contributed by atoms with E-state index in [9.17, 15) is 0 Å². The van der Waals surface area contributed by atoms with Gasteiger partial charge in [0.2, 0.25) is 5.88 Å². The Morgan fingerprint density at radius 2 is 1.83 bits per heavy atom. The summed E-state index contributed by atoms with van der Waals surface area (Å²) in [6, 6.07) is 13.2. The van der Waals surface area contributed by atoms with Crippen LogP contribution in [0, 0.1) is 0 Å². The molecule has 0 aliphatic heterocycles. The van der Waals surface area contributed by atoms with Crippen LogP contribution in [0.15, 0.2) is 42.5 Å². The molecular weight excluding hydrogens is 228 g/mol. The zero-order chi connectivity index (χ0) is 12.8. The van der Waals surface area contributed by atoms with Crippen molar-refractivity contribution in [3.05, 3.63) is 53.7 Å². The molecule has 18 heavy (non-hydrogen) atoms. The fourth-order valence-corrected chi connectivity index (χ4v) is 1.54. The molecule has 0 fully saturated rings. The monoisotopic (exact) mass is 244 g/mol. The van der Waals surface area contributed by atoms with Crippen LogP contribution in [0.3, 0.4) is 0 Å². The third kappa shape index (κ3) is 3.46. The maximum Gasteiger partial charge on any atom is 0.213 e. The molecular formula is C14H16N2O2. The van der Waals surface area contributed by atoms with Crippen molar-refractivity contribution >= 4 is 5.69 Å². The van der Waals surface area contributed by atoms with Gasteiger partial charge in [0, 0.05) is 11.8 Å². The first-order valence-corrected chi connectivity index (χ1v) is 5.70. The molecule has 2 aromatic rings. The summed E-state index contributed by atoms with van der Waals surface area (Å²) in [6.45, 7) is 1.00. The normalized spacial score (nSPS) is 10.3. The second-order valence-electron chi connectivity index (χ2n) is 3.91. The molecule has 0 radical (unpaired) electrons. The smallest absolute Gasteiger partial charge is 0.213 e. The Balaban J connectivity index is 1.86. The molecule has 4 heteroatoms. The van der Waals surface area contributed by atoms with Crippen LogP contribution in [0.25, 0.3) is 0 Å². The van der Waals surface area contributed by atoms with Crippen molar-refractivity contribution in [2.45, 2.75) is 13.2 Å². The maximum absolute atomic E-state index is 5.61. The van der Waals surface area contributed by atoms with E-state index in [-0.39, 0.29) is 0 Å². The number of nitrogens with zero attached hydrogens (tertiary/aromatic N) is 1. The Morgan fingerprint density at radius 3 is 2.56 bits per heavy atom. The molecule has 0 unspecified atom stereocenters. The summed E-state index contributed by atoms with van der Waals surface area (Å²) in [7, 11) is 1.60. The highest BCUT2D eigenvalue weighted by Gasteiger charge is 1.98. The Morgan fingerprint density at radius 1 is 1.06 bits per heavy atom. The molecule has 0 aliphatic carbocycles. The summed E-state index contributed by atoms with van der Waals surface area (Å²) in [5.41, 5.74) is 8.31. The number of pyridine rings is 1. The molecule has 94 valence electrons. The van der Waals surface area contributed by atoms with Gasteiger partial charge in [0.05, 0.1) is 26.0 Å². The fourth-order valence-electron chi connectivity index (χ4n) is 1.54. The van der Waals surface area contributed by atoms with E-state index in [0.717, 1.165) is 16.9 Å². The van der Waals surface area contributed by atoms with Crippen LogP contribution >= 0.6 is 0 Å². The SMILES string of the molecule is COc1cccc(COCc2ccc(N)cc2)n1. The van der Waals surface area contributed by atoms with E-state index in [4.69, 9.17) is 15.2 Å². The predicted molar refractivity (Wildman–Crippen MR) is 70.1 cm³/mol. The zero-order valence-corrected chi connectivity index (χ0v) is 10.3. The van der Waals surface area contributed by atoms with Gasteiger partial charge in [-0.15, -0.1) is 0 Å². The minimum atomic E-state index is 0.460. The number of aromatic nitrogens is 1. The Labute approximate surface area is 106 Å². The summed E-state index contributed by atoms with van der Waals surface area (Å²) in [5, 5.41) is 0. The largest absolute Gasteiger partial charge is 0.481 e. The lowest BCUT2D eigenvalue weighted by atomic mass is 10.2. The minimum Gasteiger partial charge on any atom is -0.481 e. The van der Waals surface area contributed by atoms with Crippen molar-refractivity contribution in [2.24, 2.45) is 0 Å². The molecule has 2 N–H and O–H groups in total. The van der Waals surface area contributed by atoms with Gasteiger partial charge >= 0.3 is 0 Å². The van der Waals surface area contributed by atoms with E-state index >= 15 is 0 Å². The molecule has 0 aliphatic rings. The molecule has 1 heterocycles. The third-order valence-corrected chi connectivity index (χ3v) is 2.49. The number of anilines is 1. The molecule has 0 spiro atoms. The first kappa shape index (κ1) is 12.4. The quantitative estimate of drug-likeness (QED) is 0.820. The lowest BCUT2D eigenvalue weighted by Crippen LogP contribution is -1.98. The minimum absolute atomic E-state index is 0.460. The molecule has 0 saturated heterocycles. The molecule has 0 atom stereocenters. The molecule has 0 saturated carbocycles. The predicted octanol–water partition coefficient (Wildman–Crippen LogP) is 2.39. The number of benzene rings is 1. The van der Waals surface area contributed by atoms with Crippen LogP contribution in [-0.2, 0) is 18.0 Å². The second-order valence-corrected chi connectivity index (χ2v) is 3.91. The number of nitrogen functional groups attached to an aromatic ring is 1. The number of methoxy groups -OCH3 is 1. The van der Waals surface area contributed by atoms with Gasteiger partial charge in [0.1, 0.15) is 0 Å². The van der Waals surface area contributed by atoms with Crippen LogP contribution < -0.4 is 10.5 Å². The van der Waals surface area contributed by atoms with Crippen LogP contribution in [0.5, 0.6) is 5.88 Å². The standard InChI is InChI=1S/C14H16N2O2/c1-17-14-4-2-3-13(16-14)10-18-9-11-5-7-12(15)8-6-11/h2-8H,9-10,15H2,1H3. The lowest BCUT2D eigenvalue weighted by Gasteiger charge is -2.05. The van der Waals surface area contributed by atoms with Crippen molar-refractivity contribution in [2.75, 3.05) is 12.8 Å². The van der Waals surface area contributed by atoms with Crippen molar-refractivity contribution in [1.82, 2.24) is 4.98 Å². The van der Waals surface area contributed by atoms with E-state index in [1.165, 1.54) is 0 Å². The molecule has 1 aromatic carbocycles. The van der Waals surface area contributed by atoms with Gasteiger partial charge in [-0.3, -0.25) is 0 Å². The van der Waals surface area contributed by atoms with Crippen molar-refractivity contribution in [3.8, 4) is 5.88 Å². The van der Waals surface area contributed by atoms with Crippen LogP contribution in [0.1, 0.15) is 11.3 Å². The highest BCUT2D eigenvalue weighted by molar-refractivity contribution is 5.39. The van der Waals surface area contributed by atoms with Crippen LogP contribution in [0.2, 0.25) is 0 Å². The Bertz CT molecular complexity index is 497. The van der Waals surface area contributed by atoms with Gasteiger partial charge in [-0.05, 0) is 23.8 Å². The maximum atomic E-state index is 5.61. The Hall–Kier alpha value is -2.07. The van der Waals surface area contributed by atoms with E-state index in [2.05, 4.69) is 4.98 Å². The van der Waals surface area contributed by atoms with E-state index in [1.807, 2.05) is 42.5 Å². The summed E-state index contributed by atoms with van der Waals surface area (Å²) in [5.74, 6) is 0.601. The van der Waals surface area contributed by atoms with Gasteiger partial charge in [-0.1, -0.05) is 18.2 Å². The molecule has 4 nitrogen and oxygen atoms in total. The molecule has 2 rings (SSSR count). The number of rotatable bonds is 5. The lowest BCUT2D eigenvalue weighted by molar-refractivity contribution is 0.104. The van der Waals surface area contributed by atoms with E-state index < -0.39 is 0 Å². The van der Waals surface area contributed by atoms with Crippen LogP contribution in [-0.4, -0.2) is 12.1 Å². The van der Waals surface area contributed by atoms with Gasteiger partial charge < -0.3 is 15.2 Å². The molecule has 1 aromatic heterocycles. The topological polar surface area (TPSA) is 57.4 Å². The summed E-state index contributed by atoms with van der Waals surface area (Å²) in [6.07, 6.45) is 0.